The smallest absolute Gasteiger partial charge is 0.210 e. The van der Waals surface area contributed by atoms with Crippen molar-refractivity contribution in [2.75, 3.05) is 6.54 Å². The molecular weight excluding hydrogens is 314 g/mol. The van der Waals surface area contributed by atoms with Crippen LogP contribution in [0.1, 0.15) is 36.6 Å². The van der Waals surface area contributed by atoms with Crippen LogP contribution in [0, 0.1) is 0 Å². The van der Waals surface area contributed by atoms with Crippen LogP contribution >= 0.6 is 11.3 Å². The van der Waals surface area contributed by atoms with Crippen LogP contribution < -0.4 is 4.72 Å². The molecule has 3 nitrogen and oxygen atoms in total. The molecule has 1 aromatic heterocycles. The second kappa shape index (κ2) is 6.14. The van der Waals surface area contributed by atoms with Crippen LogP contribution in [0.4, 0.5) is 0 Å². The number of thiophene rings is 1. The first-order chi connectivity index (χ1) is 10.6. The fourth-order valence-electron chi connectivity index (χ4n) is 2.96. The van der Waals surface area contributed by atoms with Crippen molar-refractivity contribution >= 4 is 21.4 Å². The van der Waals surface area contributed by atoms with Gasteiger partial charge in [-0.3, -0.25) is 0 Å². The lowest BCUT2D eigenvalue weighted by Crippen LogP contribution is -2.45. The van der Waals surface area contributed by atoms with E-state index in [-0.39, 0.29) is 5.41 Å². The molecule has 0 bridgehead atoms. The molecule has 1 saturated carbocycles. The van der Waals surface area contributed by atoms with Gasteiger partial charge in [-0.05, 0) is 37.0 Å². The van der Waals surface area contributed by atoms with E-state index in [2.05, 4.69) is 16.9 Å². The maximum Gasteiger partial charge on any atom is 0.250 e. The van der Waals surface area contributed by atoms with Gasteiger partial charge in [0.1, 0.15) is 4.21 Å². The molecule has 0 radical (unpaired) electrons. The van der Waals surface area contributed by atoms with Gasteiger partial charge in [0.2, 0.25) is 10.0 Å². The van der Waals surface area contributed by atoms with Gasteiger partial charge in [0.05, 0.1) is 0 Å². The van der Waals surface area contributed by atoms with Crippen LogP contribution in [-0.4, -0.2) is 15.0 Å². The SMILES string of the molecule is CCc1ccc(S(=O)(=O)NCC2(c3ccccc3)CCC2)s1. The van der Waals surface area contributed by atoms with Gasteiger partial charge in [-0.25, -0.2) is 13.1 Å². The first-order valence-corrected chi connectivity index (χ1v) is 10.00. The van der Waals surface area contributed by atoms with Crippen molar-refractivity contribution in [3.05, 3.63) is 52.9 Å². The van der Waals surface area contributed by atoms with Gasteiger partial charge in [-0.2, -0.15) is 0 Å². The highest BCUT2D eigenvalue weighted by molar-refractivity contribution is 7.91. The van der Waals surface area contributed by atoms with Crippen molar-refractivity contribution in [1.82, 2.24) is 4.72 Å². The van der Waals surface area contributed by atoms with E-state index >= 15 is 0 Å². The zero-order valence-electron chi connectivity index (χ0n) is 12.7. The predicted octanol–water partition coefficient (Wildman–Crippen LogP) is 3.71. The van der Waals surface area contributed by atoms with E-state index in [0.717, 1.165) is 30.6 Å². The molecule has 0 atom stereocenters. The largest absolute Gasteiger partial charge is 0.250 e. The molecular formula is C17H21NO2S2. The third-order valence-corrected chi connectivity index (χ3v) is 7.67. The number of nitrogens with one attached hydrogen (secondary N) is 1. The Morgan fingerprint density at radius 3 is 2.41 bits per heavy atom. The van der Waals surface area contributed by atoms with E-state index in [1.807, 2.05) is 31.2 Å². The molecule has 22 heavy (non-hydrogen) atoms. The van der Waals surface area contributed by atoms with Gasteiger partial charge < -0.3 is 0 Å². The monoisotopic (exact) mass is 335 g/mol. The summed E-state index contributed by atoms with van der Waals surface area (Å²) in [6.45, 7) is 2.52. The summed E-state index contributed by atoms with van der Waals surface area (Å²) in [5, 5.41) is 0. The average Bonchev–Trinajstić information content (AvgIpc) is 2.97. The van der Waals surface area contributed by atoms with E-state index in [1.54, 1.807) is 6.07 Å². The van der Waals surface area contributed by atoms with Crippen molar-refractivity contribution in [3.63, 3.8) is 0 Å². The number of rotatable bonds is 6. The molecule has 0 amide bonds. The molecule has 1 heterocycles. The topological polar surface area (TPSA) is 46.2 Å². The van der Waals surface area contributed by atoms with Crippen molar-refractivity contribution < 1.29 is 8.42 Å². The van der Waals surface area contributed by atoms with Gasteiger partial charge in [-0.1, -0.05) is 43.7 Å². The summed E-state index contributed by atoms with van der Waals surface area (Å²) in [7, 11) is -3.40. The zero-order chi connectivity index (χ0) is 15.6. The Morgan fingerprint density at radius 1 is 1.14 bits per heavy atom. The third kappa shape index (κ3) is 2.98. The van der Waals surface area contributed by atoms with E-state index in [1.165, 1.54) is 16.9 Å². The highest BCUT2D eigenvalue weighted by atomic mass is 32.2. The first-order valence-electron chi connectivity index (χ1n) is 7.70. The lowest BCUT2D eigenvalue weighted by molar-refractivity contribution is 0.245. The van der Waals surface area contributed by atoms with E-state index in [4.69, 9.17) is 0 Å². The number of sulfonamides is 1. The number of hydrogen-bond acceptors (Lipinski definition) is 3. The lowest BCUT2D eigenvalue weighted by atomic mass is 9.64. The predicted molar refractivity (Wildman–Crippen MR) is 90.9 cm³/mol. The minimum Gasteiger partial charge on any atom is -0.210 e. The van der Waals surface area contributed by atoms with Crippen molar-refractivity contribution in [1.29, 1.82) is 0 Å². The molecule has 0 aliphatic heterocycles. The van der Waals surface area contributed by atoms with Crippen LogP contribution in [-0.2, 0) is 21.9 Å². The van der Waals surface area contributed by atoms with E-state index < -0.39 is 10.0 Å². The molecule has 0 unspecified atom stereocenters. The second-order valence-electron chi connectivity index (χ2n) is 5.90. The van der Waals surface area contributed by atoms with E-state index in [0.29, 0.717) is 10.8 Å². The number of aryl methyl sites for hydroxylation is 1. The Balaban J connectivity index is 1.76. The Kier molecular flexibility index (Phi) is 4.39. The standard InChI is InChI=1S/C17H21NO2S2/c1-2-15-9-10-16(21-15)22(19,20)18-13-17(11-6-12-17)14-7-4-3-5-8-14/h3-5,7-10,18H,2,6,11-13H2,1H3. The Bertz CT molecular complexity index is 731. The van der Waals surface area contributed by atoms with E-state index in [9.17, 15) is 8.42 Å². The summed E-state index contributed by atoms with van der Waals surface area (Å²) in [5.74, 6) is 0. The molecule has 1 N–H and O–H groups in total. The summed E-state index contributed by atoms with van der Waals surface area (Å²) in [5.41, 5.74) is 1.21. The van der Waals surface area contributed by atoms with Crippen molar-refractivity contribution in [2.24, 2.45) is 0 Å². The minimum atomic E-state index is -3.40. The van der Waals surface area contributed by atoms with Crippen LogP contribution in [0.5, 0.6) is 0 Å². The van der Waals surface area contributed by atoms with Crippen LogP contribution in [0.2, 0.25) is 0 Å². The average molecular weight is 335 g/mol. The van der Waals surface area contributed by atoms with Crippen LogP contribution in [0.25, 0.3) is 0 Å². The summed E-state index contributed by atoms with van der Waals surface area (Å²) in [4.78, 5) is 1.10. The number of hydrogen-bond donors (Lipinski definition) is 1. The molecule has 0 spiro atoms. The maximum absolute atomic E-state index is 12.5. The molecule has 1 fully saturated rings. The fraction of sp³-hybridized carbons (Fsp3) is 0.412. The molecule has 118 valence electrons. The molecule has 1 aromatic carbocycles. The second-order valence-corrected chi connectivity index (χ2v) is 9.06. The van der Waals surface area contributed by atoms with Crippen LogP contribution in [0.3, 0.4) is 0 Å². The minimum absolute atomic E-state index is 0.0286. The summed E-state index contributed by atoms with van der Waals surface area (Å²) < 4.78 is 28.2. The molecule has 0 saturated heterocycles. The van der Waals surface area contributed by atoms with Crippen LogP contribution in [0.15, 0.2) is 46.7 Å². The Labute approximate surface area is 136 Å². The molecule has 2 aromatic rings. The fourth-order valence-corrected chi connectivity index (χ4v) is 5.43. The van der Waals surface area contributed by atoms with Crippen molar-refractivity contribution in [3.8, 4) is 0 Å². The van der Waals surface area contributed by atoms with Gasteiger partial charge in [-0.15, -0.1) is 11.3 Å². The maximum atomic E-state index is 12.5. The molecule has 5 heteroatoms. The first kappa shape index (κ1) is 15.7. The molecule has 1 aliphatic rings. The Hall–Kier alpha value is -1.17. The normalized spacial score (nSPS) is 17.1. The summed E-state index contributed by atoms with van der Waals surface area (Å²) in [6.07, 6.45) is 4.12. The Morgan fingerprint density at radius 2 is 1.86 bits per heavy atom. The number of benzene rings is 1. The quantitative estimate of drug-likeness (QED) is 0.875. The van der Waals surface area contributed by atoms with Gasteiger partial charge in [0, 0.05) is 16.8 Å². The van der Waals surface area contributed by atoms with Crippen molar-refractivity contribution in [2.45, 2.75) is 42.2 Å². The van der Waals surface area contributed by atoms with Gasteiger partial charge >= 0.3 is 0 Å². The lowest BCUT2D eigenvalue weighted by Gasteiger charge is -2.42. The highest BCUT2D eigenvalue weighted by Gasteiger charge is 2.39. The van der Waals surface area contributed by atoms with Gasteiger partial charge in [0.15, 0.2) is 0 Å². The molecule has 3 rings (SSSR count). The summed E-state index contributed by atoms with van der Waals surface area (Å²) >= 11 is 1.36. The highest BCUT2D eigenvalue weighted by Crippen LogP contribution is 2.43. The third-order valence-electron chi connectivity index (χ3n) is 4.55. The summed E-state index contributed by atoms with van der Waals surface area (Å²) in [6, 6.07) is 13.9. The molecule has 1 aliphatic carbocycles. The van der Waals surface area contributed by atoms with Gasteiger partial charge in [0.25, 0.3) is 0 Å². The zero-order valence-corrected chi connectivity index (χ0v) is 14.3.